The van der Waals surface area contributed by atoms with E-state index in [1.165, 1.54) is 0 Å². The van der Waals surface area contributed by atoms with Crippen LogP contribution in [-0.2, 0) is 7.05 Å². The van der Waals surface area contributed by atoms with E-state index < -0.39 is 11.6 Å². The first kappa shape index (κ1) is 13.0. The van der Waals surface area contributed by atoms with Gasteiger partial charge in [-0.1, -0.05) is 0 Å². The van der Waals surface area contributed by atoms with E-state index in [0.717, 1.165) is 17.7 Å². The molecular formula is C12H12BrF2N3. The molecule has 0 aliphatic rings. The molecule has 0 saturated carbocycles. The number of hydrogen-bond donors (Lipinski definition) is 1. The molecule has 0 aliphatic carbocycles. The summed E-state index contributed by atoms with van der Waals surface area (Å²) >= 11 is 2.94. The molecule has 0 amide bonds. The third-order valence-electron chi connectivity index (χ3n) is 2.61. The van der Waals surface area contributed by atoms with Gasteiger partial charge in [-0.05, 0) is 28.9 Å². The van der Waals surface area contributed by atoms with Crippen molar-refractivity contribution in [3.8, 4) is 0 Å². The number of nitrogens with zero attached hydrogens (tertiary/aromatic N) is 2. The second kappa shape index (κ2) is 5.06. The van der Waals surface area contributed by atoms with E-state index in [0.29, 0.717) is 0 Å². The minimum Gasteiger partial charge on any atom is -0.376 e. The highest BCUT2D eigenvalue weighted by atomic mass is 79.9. The lowest BCUT2D eigenvalue weighted by Crippen LogP contribution is -2.07. The molecule has 1 aromatic carbocycles. The number of hydrogen-bond acceptors (Lipinski definition) is 2. The maximum atomic E-state index is 13.6. The number of aryl methyl sites for hydroxylation is 1. The zero-order chi connectivity index (χ0) is 13.3. The largest absolute Gasteiger partial charge is 0.376 e. The first-order chi connectivity index (χ1) is 8.47. The van der Waals surface area contributed by atoms with Crippen molar-refractivity contribution in [2.24, 2.45) is 7.05 Å². The van der Waals surface area contributed by atoms with Crippen molar-refractivity contribution in [1.82, 2.24) is 9.78 Å². The van der Waals surface area contributed by atoms with Gasteiger partial charge in [0, 0.05) is 24.9 Å². The number of nitrogens with one attached hydrogen (secondary N) is 1. The Balaban J connectivity index is 2.21. The number of benzene rings is 1. The third kappa shape index (κ3) is 2.69. The van der Waals surface area contributed by atoms with Crippen LogP contribution in [0.5, 0.6) is 0 Å². The molecule has 2 rings (SSSR count). The van der Waals surface area contributed by atoms with Gasteiger partial charge in [0.05, 0.1) is 22.4 Å². The van der Waals surface area contributed by atoms with E-state index in [-0.39, 0.29) is 16.2 Å². The van der Waals surface area contributed by atoms with Crippen molar-refractivity contribution in [2.45, 2.75) is 13.0 Å². The molecule has 1 unspecified atom stereocenters. The van der Waals surface area contributed by atoms with Crippen LogP contribution < -0.4 is 5.32 Å². The lowest BCUT2D eigenvalue weighted by molar-refractivity contribution is 0.595. The predicted molar refractivity (Wildman–Crippen MR) is 69.3 cm³/mol. The number of halogens is 3. The quantitative estimate of drug-likeness (QED) is 0.876. The molecule has 0 radical (unpaired) electrons. The van der Waals surface area contributed by atoms with E-state index in [9.17, 15) is 8.78 Å². The molecular weight excluding hydrogens is 304 g/mol. The summed E-state index contributed by atoms with van der Waals surface area (Å²) in [4.78, 5) is 0. The highest BCUT2D eigenvalue weighted by molar-refractivity contribution is 9.10. The van der Waals surface area contributed by atoms with Crippen molar-refractivity contribution < 1.29 is 8.78 Å². The van der Waals surface area contributed by atoms with Gasteiger partial charge in [0.2, 0.25) is 0 Å². The van der Waals surface area contributed by atoms with Crippen molar-refractivity contribution in [2.75, 3.05) is 5.32 Å². The van der Waals surface area contributed by atoms with Crippen LogP contribution in [0.2, 0.25) is 0 Å². The Bertz CT molecular complexity index is 568. The second-order valence-corrected chi connectivity index (χ2v) is 4.91. The first-order valence-corrected chi connectivity index (χ1v) is 6.16. The Hall–Kier alpha value is -1.43. The lowest BCUT2D eigenvalue weighted by Gasteiger charge is -2.14. The fourth-order valence-electron chi connectivity index (χ4n) is 1.61. The zero-order valence-corrected chi connectivity index (χ0v) is 11.5. The zero-order valence-electron chi connectivity index (χ0n) is 9.92. The maximum absolute atomic E-state index is 13.6. The Morgan fingerprint density at radius 3 is 2.67 bits per heavy atom. The molecule has 0 spiro atoms. The summed E-state index contributed by atoms with van der Waals surface area (Å²) in [5, 5.41) is 6.95. The minimum atomic E-state index is -0.503. The molecule has 0 aliphatic heterocycles. The average Bonchev–Trinajstić information content (AvgIpc) is 2.73. The molecule has 0 saturated heterocycles. The van der Waals surface area contributed by atoms with Gasteiger partial charge in [0.15, 0.2) is 0 Å². The molecule has 6 heteroatoms. The van der Waals surface area contributed by atoms with E-state index >= 15 is 0 Å². The minimum absolute atomic E-state index is 0.111. The van der Waals surface area contributed by atoms with Crippen molar-refractivity contribution in [3.63, 3.8) is 0 Å². The predicted octanol–water partition coefficient (Wildman–Crippen LogP) is 3.63. The maximum Gasteiger partial charge on any atom is 0.147 e. The van der Waals surface area contributed by atoms with Crippen LogP contribution in [0.25, 0.3) is 0 Å². The molecule has 96 valence electrons. The van der Waals surface area contributed by atoms with Crippen molar-refractivity contribution >= 4 is 21.6 Å². The van der Waals surface area contributed by atoms with Gasteiger partial charge in [-0.15, -0.1) is 0 Å². The molecule has 1 N–H and O–H groups in total. The molecule has 0 fully saturated rings. The van der Waals surface area contributed by atoms with Gasteiger partial charge in [-0.25, -0.2) is 8.78 Å². The summed E-state index contributed by atoms with van der Waals surface area (Å²) < 4.78 is 28.7. The summed E-state index contributed by atoms with van der Waals surface area (Å²) in [7, 11) is 1.80. The van der Waals surface area contributed by atoms with E-state index in [1.54, 1.807) is 17.9 Å². The Kier molecular flexibility index (Phi) is 3.65. The first-order valence-electron chi connectivity index (χ1n) is 5.37. The summed E-state index contributed by atoms with van der Waals surface area (Å²) in [6.07, 6.45) is 3.51. The number of anilines is 1. The fraction of sp³-hybridized carbons (Fsp3) is 0.250. The highest BCUT2D eigenvalue weighted by Gasteiger charge is 2.12. The molecule has 0 bridgehead atoms. The van der Waals surface area contributed by atoms with Gasteiger partial charge in [-0.3, -0.25) is 4.68 Å². The third-order valence-corrected chi connectivity index (χ3v) is 3.21. The number of aromatic nitrogens is 2. The van der Waals surface area contributed by atoms with Gasteiger partial charge in [0.1, 0.15) is 11.6 Å². The Morgan fingerprint density at radius 2 is 2.06 bits per heavy atom. The second-order valence-electron chi connectivity index (χ2n) is 4.06. The number of rotatable bonds is 3. The molecule has 2 aromatic rings. The standard InChI is InChI=1S/C12H12BrF2N3/c1-7(8-5-16-18(2)6-8)17-12-4-10(14)9(13)3-11(12)15/h3-7,17H,1-2H3. The molecule has 1 aromatic heterocycles. The smallest absolute Gasteiger partial charge is 0.147 e. The van der Waals surface area contributed by atoms with Crippen LogP contribution in [-0.4, -0.2) is 9.78 Å². The monoisotopic (exact) mass is 315 g/mol. The molecule has 1 atom stereocenters. The summed E-state index contributed by atoms with van der Waals surface area (Å²) in [6, 6.07) is 2.08. The average molecular weight is 316 g/mol. The molecule has 1 heterocycles. The van der Waals surface area contributed by atoms with E-state index in [4.69, 9.17) is 0 Å². The van der Waals surface area contributed by atoms with Crippen LogP contribution in [0.3, 0.4) is 0 Å². The van der Waals surface area contributed by atoms with E-state index in [2.05, 4.69) is 26.3 Å². The molecule has 18 heavy (non-hydrogen) atoms. The fourth-order valence-corrected chi connectivity index (χ4v) is 1.93. The van der Waals surface area contributed by atoms with Crippen LogP contribution in [0.4, 0.5) is 14.5 Å². The SMILES string of the molecule is CC(Nc1cc(F)c(Br)cc1F)c1cnn(C)c1. The summed E-state index contributed by atoms with van der Waals surface area (Å²) in [5.41, 5.74) is 1.03. The van der Waals surface area contributed by atoms with Gasteiger partial charge in [-0.2, -0.15) is 5.10 Å². The summed E-state index contributed by atoms with van der Waals surface area (Å²) in [6.45, 7) is 1.86. The van der Waals surface area contributed by atoms with E-state index in [1.807, 2.05) is 13.1 Å². The van der Waals surface area contributed by atoms with Crippen LogP contribution >= 0.6 is 15.9 Å². The molecule has 3 nitrogen and oxygen atoms in total. The van der Waals surface area contributed by atoms with Crippen LogP contribution in [0.1, 0.15) is 18.5 Å². The lowest BCUT2D eigenvalue weighted by atomic mass is 10.2. The van der Waals surface area contributed by atoms with Gasteiger partial charge < -0.3 is 5.32 Å². The normalized spacial score (nSPS) is 12.5. The van der Waals surface area contributed by atoms with Crippen molar-refractivity contribution in [1.29, 1.82) is 0 Å². The van der Waals surface area contributed by atoms with Crippen molar-refractivity contribution in [3.05, 3.63) is 46.2 Å². The highest BCUT2D eigenvalue weighted by Crippen LogP contribution is 2.26. The topological polar surface area (TPSA) is 29.9 Å². The summed E-state index contributed by atoms with van der Waals surface area (Å²) in [5.74, 6) is -1.00. The van der Waals surface area contributed by atoms with Crippen LogP contribution in [0, 0.1) is 11.6 Å². The Morgan fingerprint density at radius 1 is 1.33 bits per heavy atom. The van der Waals surface area contributed by atoms with Gasteiger partial charge in [0.25, 0.3) is 0 Å². The van der Waals surface area contributed by atoms with Crippen LogP contribution in [0.15, 0.2) is 29.0 Å². The van der Waals surface area contributed by atoms with Gasteiger partial charge >= 0.3 is 0 Å². The Labute approximate surface area is 112 Å².